The van der Waals surface area contributed by atoms with Crippen LogP contribution in [0.1, 0.15) is 47.5 Å². The molecule has 100 valence electrons. The van der Waals surface area contributed by atoms with Crippen molar-refractivity contribution in [1.29, 1.82) is 0 Å². The van der Waals surface area contributed by atoms with Gasteiger partial charge in [-0.1, -0.05) is 0 Å². The van der Waals surface area contributed by atoms with Gasteiger partial charge in [-0.15, -0.1) is 0 Å². The minimum atomic E-state index is 0.0333. The average molecular weight is 241 g/mol. The van der Waals surface area contributed by atoms with Crippen molar-refractivity contribution in [3.63, 3.8) is 0 Å². The minimum Gasteiger partial charge on any atom is -0.341 e. The van der Waals surface area contributed by atoms with Crippen LogP contribution in [0.25, 0.3) is 0 Å². The molecule has 1 heterocycles. The average Bonchev–Trinajstić information content (AvgIpc) is 2.13. The number of carbonyl (C=O) groups is 1. The monoisotopic (exact) mass is 241 g/mol. The summed E-state index contributed by atoms with van der Waals surface area (Å²) >= 11 is 0. The molecule has 1 rings (SSSR count). The maximum Gasteiger partial charge on any atom is 0.317 e. The molecule has 1 aliphatic heterocycles. The summed E-state index contributed by atoms with van der Waals surface area (Å²) in [4.78, 5) is 13.8. The van der Waals surface area contributed by atoms with Crippen LogP contribution in [0.15, 0.2) is 0 Å². The number of amides is 2. The number of hydrogen-bond donors (Lipinski definition) is 2. The lowest BCUT2D eigenvalue weighted by atomic mass is 9.79. The molecule has 17 heavy (non-hydrogen) atoms. The first-order valence-electron chi connectivity index (χ1n) is 6.48. The molecule has 4 heteroatoms. The van der Waals surface area contributed by atoms with Gasteiger partial charge in [0.05, 0.1) is 0 Å². The maximum atomic E-state index is 11.9. The van der Waals surface area contributed by atoms with Crippen molar-refractivity contribution in [2.45, 2.75) is 64.6 Å². The van der Waals surface area contributed by atoms with Gasteiger partial charge >= 0.3 is 6.03 Å². The van der Waals surface area contributed by atoms with Crippen LogP contribution in [0.5, 0.6) is 0 Å². The highest BCUT2D eigenvalue weighted by Crippen LogP contribution is 2.31. The summed E-state index contributed by atoms with van der Waals surface area (Å²) in [6.45, 7) is 11.6. The van der Waals surface area contributed by atoms with Gasteiger partial charge in [-0.25, -0.2) is 4.79 Å². The second-order valence-electron chi connectivity index (χ2n) is 6.30. The van der Waals surface area contributed by atoms with Crippen LogP contribution < -0.4 is 10.6 Å². The summed E-state index contributed by atoms with van der Waals surface area (Å²) in [5, 5.41) is 6.37. The van der Waals surface area contributed by atoms with E-state index < -0.39 is 0 Å². The van der Waals surface area contributed by atoms with E-state index in [4.69, 9.17) is 0 Å². The molecule has 1 fully saturated rings. The normalized spacial score (nSPS) is 23.2. The van der Waals surface area contributed by atoms with E-state index in [1.807, 2.05) is 11.8 Å². The first-order valence-corrected chi connectivity index (χ1v) is 6.48. The summed E-state index contributed by atoms with van der Waals surface area (Å²) < 4.78 is 0. The largest absolute Gasteiger partial charge is 0.341 e. The van der Waals surface area contributed by atoms with E-state index in [1.54, 1.807) is 7.05 Å². The molecule has 0 atom stereocenters. The quantitative estimate of drug-likeness (QED) is 0.776. The van der Waals surface area contributed by atoms with Gasteiger partial charge in [0.25, 0.3) is 0 Å². The highest BCUT2D eigenvalue weighted by atomic mass is 16.2. The van der Waals surface area contributed by atoms with Crippen LogP contribution in [-0.2, 0) is 0 Å². The smallest absolute Gasteiger partial charge is 0.317 e. The molecule has 1 aliphatic rings. The number of nitrogens with one attached hydrogen (secondary N) is 2. The fourth-order valence-electron chi connectivity index (χ4n) is 3.20. The zero-order valence-electron chi connectivity index (χ0n) is 12.1. The zero-order chi connectivity index (χ0) is 13.3. The highest BCUT2D eigenvalue weighted by Gasteiger charge is 2.40. The van der Waals surface area contributed by atoms with Crippen LogP contribution in [0.4, 0.5) is 4.79 Å². The van der Waals surface area contributed by atoms with Crippen LogP contribution in [0.2, 0.25) is 0 Å². The van der Waals surface area contributed by atoms with Crippen molar-refractivity contribution < 1.29 is 4.79 Å². The van der Waals surface area contributed by atoms with Crippen molar-refractivity contribution in [2.24, 2.45) is 0 Å². The maximum absolute atomic E-state index is 11.9. The molecule has 2 amide bonds. The van der Waals surface area contributed by atoms with Gasteiger partial charge in [-0.05, 0) is 47.5 Å². The Morgan fingerprint density at radius 2 is 1.76 bits per heavy atom. The SMILES string of the molecule is CCN(C(=O)NC)C1CC(C)(C)NC(C)(C)C1. The lowest BCUT2D eigenvalue weighted by molar-refractivity contribution is 0.0858. The third kappa shape index (κ3) is 3.60. The topological polar surface area (TPSA) is 44.4 Å². The summed E-state index contributed by atoms with van der Waals surface area (Å²) in [5.74, 6) is 0. The van der Waals surface area contributed by atoms with Gasteiger partial charge in [0.1, 0.15) is 0 Å². The molecule has 0 spiro atoms. The zero-order valence-corrected chi connectivity index (χ0v) is 12.1. The first kappa shape index (κ1) is 14.3. The second-order valence-corrected chi connectivity index (χ2v) is 6.30. The number of urea groups is 1. The minimum absolute atomic E-state index is 0.0333. The Balaban J connectivity index is 2.85. The van der Waals surface area contributed by atoms with Crippen LogP contribution >= 0.6 is 0 Å². The van der Waals surface area contributed by atoms with Gasteiger partial charge in [0, 0.05) is 30.7 Å². The summed E-state index contributed by atoms with van der Waals surface area (Å²) in [5.41, 5.74) is 0.154. The fraction of sp³-hybridized carbons (Fsp3) is 0.923. The Bertz CT molecular complexity index is 270. The van der Waals surface area contributed by atoms with Gasteiger partial charge in [0.15, 0.2) is 0 Å². The molecule has 1 saturated heterocycles. The van der Waals surface area contributed by atoms with E-state index in [0.717, 1.165) is 19.4 Å². The molecular formula is C13H27N3O. The number of carbonyl (C=O) groups excluding carboxylic acids is 1. The predicted molar refractivity (Wildman–Crippen MR) is 71.2 cm³/mol. The first-order chi connectivity index (χ1) is 7.71. The van der Waals surface area contributed by atoms with Gasteiger partial charge in [-0.2, -0.15) is 0 Å². The van der Waals surface area contributed by atoms with E-state index in [1.165, 1.54) is 0 Å². The number of rotatable bonds is 2. The predicted octanol–water partition coefficient (Wildman–Crippen LogP) is 1.96. The Morgan fingerprint density at radius 1 is 1.29 bits per heavy atom. The van der Waals surface area contributed by atoms with E-state index in [2.05, 4.69) is 38.3 Å². The molecule has 0 aliphatic carbocycles. The van der Waals surface area contributed by atoms with Gasteiger partial charge in [-0.3, -0.25) is 0 Å². The molecule has 0 aromatic heterocycles. The molecule has 0 radical (unpaired) electrons. The molecule has 0 unspecified atom stereocenters. The summed E-state index contributed by atoms with van der Waals surface area (Å²) in [6.07, 6.45) is 2.00. The van der Waals surface area contributed by atoms with Crippen LogP contribution in [-0.4, -0.2) is 41.6 Å². The van der Waals surface area contributed by atoms with Crippen LogP contribution in [0.3, 0.4) is 0 Å². The van der Waals surface area contributed by atoms with E-state index in [9.17, 15) is 4.79 Å². The lowest BCUT2D eigenvalue weighted by Gasteiger charge is -2.49. The number of nitrogens with zero attached hydrogens (tertiary/aromatic N) is 1. The number of piperidine rings is 1. The molecule has 2 N–H and O–H groups in total. The Kier molecular flexibility index (Phi) is 4.07. The van der Waals surface area contributed by atoms with Gasteiger partial charge in [0.2, 0.25) is 0 Å². The van der Waals surface area contributed by atoms with E-state index >= 15 is 0 Å². The Morgan fingerprint density at radius 3 is 2.12 bits per heavy atom. The Labute approximate surface area is 105 Å². The fourth-order valence-corrected chi connectivity index (χ4v) is 3.20. The Hall–Kier alpha value is -0.770. The van der Waals surface area contributed by atoms with Crippen molar-refractivity contribution in [1.82, 2.24) is 15.5 Å². The van der Waals surface area contributed by atoms with E-state index in [-0.39, 0.29) is 17.1 Å². The molecule has 4 nitrogen and oxygen atoms in total. The standard InChI is InChI=1S/C13H27N3O/c1-7-16(11(17)14-6)10-8-12(2,3)15-13(4,5)9-10/h10,15H,7-9H2,1-6H3,(H,14,17). The van der Waals surface area contributed by atoms with Gasteiger partial charge < -0.3 is 15.5 Å². The van der Waals surface area contributed by atoms with E-state index in [0.29, 0.717) is 6.04 Å². The van der Waals surface area contributed by atoms with Crippen molar-refractivity contribution in [3.8, 4) is 0 Å². The summed E-state index contributed by atoms with van der Waals surface area (Å²) in [7, 11) is 1.70. The molecular weight excluding hydrogens is 214 g/mol. The number of hydrogen-bond acceptors (Lipinski definition) is 2. The van der Waals surface area contributed by atoms with Crippen molar-refractivity contribution >= 4 is 6.03 Å². The lowest BCUT2D eigenvalue weighted by Crippen LogP contribution is -2.63. The highest BCUT2D eigenvalue weighted by molar-refractivity contribution is 5.74. The molecule has 0 aromatic rings. The van der Waals surface area contributed by atoms with Crippen molar-refractivity contribution in [2.75, 3.05) is 13.6 Å². The molecule has 0 saturated carbocycles. The third-order valence-corrected chi connectivity index (χ3v) is 3.42. The summed E-state index contributed by atoms with van der Waals surface area (Å²) in [6, 6.07) is 0.345. The van der Waals surface area contributed by atoms with Crippen molar-refractivity contribution in [3.05, 3.63) is 0 Å². The van der Waals surface area contributed by atoms with Crippen LogP contribution in [0, 0.1) is 0 Å². The second kappa shape index (κ2) is 4.84. The third-order valence-electron chi connectivity index (χ3n) is 3.42. The molecule has 0 aromatic carbocycles. The molecule has 0 bridgehead atoms.